The minimum absolute atomic E-state index is 0.0223. The average Bonchev–Trinajstić information content (AvgIpc) is 3.47. The molecule has 2 aromatic heterocycles. The van der Waals surface area contributed by atoms with E-state index in [0.717, 1.165) is 23.4 Å². The van der Waals surface area contributed by atoms with Crippen molar-refractivity contribution in [3.63, 3.8) is 0 Å². The zero-order chi connectivity index (χ0) is 23.3. The van der Waals surface area contributed by atoms with Crippen molar-refractivity contribution in [2.75, 3.05) is 5.32 Å². The molecule has 4 aliphatic rings. The second kappa shape index (κ2) is 8.23. The van der Waals surface area contributed by atoms with Crippen LogP contribution in [-0.4, -0.2) is 15.8 Å². The van der Waals surface area contributed by atoms with Crippen LogP contribution in [0.5, 0.6) is 5.75 Å². The Bertz CT molecular complexity index is 1210. The third-order valence-electron chi connectivity index (χ3n) is 7.62. The fourth-order valence-electron chi connectivity index (χ4n) is 6.61. The summed E-state index contributed by atoms with van der Waals surface area (Å²) in [6.07, 6.45) is 7.85. The van der Waals surface area contributed by atoms with E-state index in [9.17, 15) is 14.9 Å². The molecular formula is C25H25N3O5S. The molecule has 8 nitrogen and oxygen atoms in total. The van der Waals surface area contributed by atoms with Crippen LogP contribution in [0.3, 0.4) is 0 Å². The molecule has 34 heavy (non-hydrogen) atoms. The number of carbonyl (C=O) groups excluding carboxylic acids is 1. The molecule has 0 atom stereocenters. The van der Waals surface area contributed by atoms with Gasteiger partial charge in [-0.2, -0.15) is 0 Å². The van der Waals surface area contributed by atoms with E-state index in [2.05, 4.69) is 10.7 Å². The Morgan fingerprint density at radius 2 is 1.85 bits per heavy atom. The first-order valence-corrected chi connectivity index (χ1v) is 12.6. The summed E-state index contributed by atoms with van der Waals surface area (Å²) in [5.41, 5.74) is 1.22. The van der Waals surface area contributed by atoms with Crippen molar-refractivity contribution in [3.8, 4) is 5.75 Å². The number of anilines is 1. The quantitative estimate of drug-likeness (QED) is 0.332. The number of aromatic nitrogens is 1. The number of nitro groups is 1. The predicted octanol–water partition coefficient (Wildman–Crippen LogP) is 5.94. The van der Waals surface area contributed by atoms with Crippen LogP contribution in [0.4, 0.5) is 10.8 Å². The summed E-state index contributed by atoms with van der Waals surface area (Å²) in [6.45, 7) is -0.0223. The van der Waals surface area contributed by atoms with Gasteiger partial charge in [-0.25, -0.2) is 4.98 Å². The van der Waals surface area contributed by atoms with Gasteiger partial charge in [0.15, 0.2) is 16.6 Å². The lowest BCUT2D eigenvalue weighted by atomic mass is 9.49. The molecule has 4 fully saturated rings. The summed E-state index contributed by atoms with van der Waals surface area (Å²) in [4.78, 5) is 28.2. The largest absolute Gasteiger partial charge is 0.479 e. The number of ether oxygens (including phenoxy) is 1. The zero-order valence-electron chi connectivity index (χ0n) is 18.6. The number of nitrogens with one attached hydrogen (secondary N) is 1. The highest BCUT2D eigenvalue weighted by Crippen LogP contribution is 2.60. The van der Waals surface area contributed by atoms with Gasteiger partial charge in [0.25, 0.3) is 5.91 Å². The number of carbonyl (C=O) groups is 1. The van der Waals surface area contributed by atoms with E-state index in [4.69, 9.17) is 14.1 Å². The van der Waals surface area contributed by atoms with Crippen molar-refractivity contribution in [1.29, 1.82) is 0 Å². The van der Waals surface area contributed by atoms with Crippen molar-refractivity contribution >= 4 is 28.1 Å². The van der Waals surface area contributed by atoms with Crippen LogP contribution in [0.15, 0.2) is 46.2 Å². The number of hydrogen-bond donors (Lipinski definition) is 1. The van der Waals surface area contributed by atoms with Crippen molar-refractivity contribution in [1.82, 2.24) is 4.98 Å². The van der Waals surface area contributed by atoms with E-state index in [1.54, 1.807) is 24.3 Å². The van der Waals surface area contributed by atoms with E-state index in [1.165, 1.54) is 62.0 Å². The summed E-state index contributed by atoms with van der Waals surface area (Å²) >= 11 is 1.47. The lowest BCUT2D eigenvalue weighted by Gasteiger charge is -2.56. The maximum absolute atomic E-state index is 12.7. The summed E-state index contributed by atoms with van der Waals surface area (Å²) in [5.74, 6) is 2.84. The highest BCUT2D eigenvalue weighted by molar-refractivity contribution is 7.14. The number of nitro benzene ring substituents is 1. The average molecular weight is 480 g/mol. The first-order valence-electron chi connectivity index (χ1n) is 11.7. The molecule has 1 amide bonds. The van der Waals surface area contributed by atoms with Crippen molar-refractivity contribution in [2.45, 2.75) is 50.5 Å². The van der Waals surface area contributed by atoms with Crippen molar-refractivity contribution in [3.05, 3.63) is 69.1 Å². The minimum atomic E-state index is -0.498. The maximum Gasteiger partial charge on any atom is 0.310 e. The van der Waals surface area contributed by atoms with Crippen LogP contribution in [-0.2, 0) is 12.0 Å². The van der Waals surface area contributed by atoms with E-state index < -0.39 is 4.92 Å². The van der Waals surface area contributed by atoms with Crippen molar-refractivity contribution in [2.24, 2.45) is 17.8 Å². The van der Waals surface area contributed by atoms with Crippen LogP contribution in [0.25, 0.3) is 0 Å². The van der Waals surface area contributed by atoms with E-state index in [1.807, 2.05) is 0 Å². The molecule has 9 heteroatoms. The smallest absolute Gasteiger partial charge is 0.310 e. The Hall–Kier alpha value is -3.20. The van der Waals surface area contributed by atoms with E-state index in [0.29, 0.717) is 10.9 Å². The van der Waals surface area contributed by atoms with Gasteiger partial charge in [0.05, 0.1) is 10.6 Å². The highest BCUT2D eigenvalue weighted by atomic mass is 32.1. The lowest BCUT2D eigenvalue weighted by Crippen LogP contribution is -2.48. The van der Waals surface area contributed by atoms with Crippen LogP contribution in [0.1, 0.15) is 60.5 Å². The number of amides is 1. The van der Waals surface area contributed by atoms with Crippen LogP contribution in [0.2, 0.25) is 0 Å². The number of nitrogens with zero attached hydrogens (tertiary/aromatic N) is 2. The Morgan fingerprint density at radius 1 is 1.15 bits per heavy atom. The summed E-state index contributed by atoms with van der Waals surface area (Å²) in [7, 11) is 0. The zero-order valence-corrected chi connectivity index (χ0v) is 19.4. The standard InChI is InChI=1S/C25H25N3O5S/c29-23(21-6-5-18(33-21)13-32-20-4-2-1-3-19(20)28(30)31)27-24-26-22(14-34-24)25-10-15-7-16(11-25)9-17(8-15)12-25/h1-6,14-17H,7-13H2,(H,26,27,29). The molecule has 0 spiro atoms. The molecule has 1 N–H and O–H groups in total. The third-order valence-corrected chi connectivity index (χ3v) is 8.38. The first-order chi connectivity index (χ1) is 16.5. The molecule has 4 saturated carbocycles. The van der Waals surface area contributed by atoms with Gasteiger partial charge in [-0.15, -0.1) is 11.3 Å². The van der Waals surface area contributed by atoms with Crippen LogP contribution in [0, 0.1) is 27.9 Å². The number of thiazole rings is 1. The second-order valence-corrected chi connectivity index (χ2v) is 10.8. The lowest BCUT2D eigenvalue weighted by molar-refractivity contribution is -0.386. The molecule has 176 valence electrons. The van der Waals surface area contributed by atoms with Gasteiger partial charge in [0.1, 0.15) is 12.4 Å². The second-order valence-electron chi connectivity index (χ2n) is 9.97. The van der Waals surface area contributed by atoms with E-state index in [-0.39, 0.29) is 35.1 Å². The van der Waals surface area contributed by atoms with Gasteiger partial charge in [-0.1, -0.05) is 12.1 Å². The van der Waals surface area contributed by atoms with Crippen LogP contribution < -0.4 is 10.1 Å². The number of hydrogen-bond acceptors (Lipinski definition) is 7. The van der Waals surface area contributed by atoms with E-state index >= 15 is 0 Å². The normalized spacial score (nSPS) is 27.0. The van der Waals surface area contributed by atoms with Gasteiger partial charge in [-0.3, -0.25) is 20.2 Å². The molecule has 7 rings (SSSR count). The molecule has 1 aromatic carbocycles. The highest BCUT2D eigenvalue weighted by Gasteiger charge is 2.52. The topological polar surface area (TPSA) is 108 Å². The summed E-state index contributed by atoms with van der Waals surface area (Å²) < 4.78 is 11.2. The summed E-state index contributed by atoms with van der Waals surface area (Å²) in [5, 5.41) is 16.7. The summed E-state index contributed by atoms with van der Waals surface area (Å²) in [6, 6.07) is 9.34. The Morgan fingerprint density at radius 3 is 2.56 bits per heavy atom. The molecular weight excluding hydrogens is 454 g/mol. The molecule has 0 unspecified atom stereocenters. The molecule has 4 aliphatic carbocycles. The monoisotopic (exact) mass is 479 g/mol. The fourth-order valence-corrected chi connectivity index (χ4v) is 7.44. The van der Waals surface area contributed by atoms with Gasteiger partial charge < -0.3 is 9.15 Å². The number of rotatable bonds is 7. The fraction of sp³-hybridized carbons (Fsp3) is 0.440. The van der Waals surface area contributed by atoms with Gasteiger partial charge in [-0.05, 0) is 74.5 Å². The van der Waals surface area contributed by atoms with Gasteiger partial charge >= 0.3 is 5.69 Å². The van der Waals surface area contributed by atoms with Crippen molar-refractivity contribution < 1.29 is 18.9 Å². The Kier molecular flexibility index (Phi) is 5.17. The molecule has 0 radical (unpaired) electrons. The predicted molar refractivity (Wildman–Crippen MR) is 126 cm³/mol. The molecule has 2 heterocycles. The van der Waals surface area contributed by atoms with Gasteiger partial charge in [0.2, 0.25) is 0 Å². The first kappa shape index (κ1) is 21.3. The number of furan rings is 1. The number of benzene rings is 1. The third kappa shape index (κ3) is 3.87. The van der Waals surface area contributed by atoms with Crippen LogP contribution >= 0.6 is 11.3 Å². The molecule has 0 aliphatic heterocycles. The van der Waals surface area contributed by atoms with Gasteiger partial charge in [0, 0.05) is 16.9 Å². The Balaban J connectivity index is 1.10. The SMILES string of the molecule is O=C(Nc1nc(C23CC4CC(CC(C4)C2)C3)cs1)c1ccc(COc2ccccc2[N+](=O)[O-])o1. The minimum Gasteiger partial charge on any atom is -0.479 e. The molecule has 3 aromatic rings. The Labute approximate surface area is 200 Å². The molecule has 0 saturated heterocycles. The molecule has 4 bridgehead atoms. The number of para-hydroxylation sites is 2. The maximum atomic E-state index is 12.7.